The molecular formula is C18H25N3O2S. The Hall–Kier alpha value is -1.79. The number of rotatable bonds is 9. The van der Waals surface area contributed by atoms with Gasteiger partial charge < -0.3 is 15.5 Å². The van der Waals surface area contributed by atoms with Crippen LogP contribution in [0.3, 0.4) is 0 Å². The molecule has 0 aliphatic carbocycles. The van der Waals surface area contributed by atoms with Gasteiger partial charge in [0.15, 0.2) is 5.69 Å². The van der Waals surface area contributed by atoms with Gasteiger partial charge >= 0.3 is 0 Å². The van der Waals surface area contributed by atoms with Crippen molar-refractivity contribution in [2.24, 2.45) is 5.73 Å². The zero-order valence-electron chi connectivity index (χ0n) is 14.2. The lowest BCUT2D eigenvalue weighted by Crippen LogP contribution is -2.33. The zero-order valence-corrected chi connectivity index (χ0v) is 15.0. The number of oxazole rings is 1. The number of nitrogens with one attached hydrogen (secondary N) is 1. The molecule has 6 heteroatoms. The van der Waals surface area contributed by atoms with E-state index in [1.807, 2.05) is 31.4 Å². The minimum absolute atomic E-state index is 0.0584. The van der Waals surface area contributed by atoms with Gasteiger partial charge in [0.2, 0.25) is 5.89 Å². The normalized spacial score (nSPS) is 13.5. The van der Waals surface area contributed by atoms with Gasteiger partial charge in [0.1, 0.15) is 6.26 Å². The molecule has 0 spiro atoms. The molecule has 130 valence electrons. The molecule has 2 atom stereocenters. The van der Waals surface area contributed by atoms with Crippen molar-refractivity contribution in [2.75, 3.05) is 12.0 Å². The Labute approximate surface area is 147 Å². The summed E-state index contributed by atoms with van der Waals surface area (Å²) >= 11 is 1.72. The third-order valence-corrected chi connectivity index (χ3v) is 4.44. The van der Waals surface area contributed by atoms with E-state index in [2.05, 4.69) is 22.4 Å². The van der Waals surface area contributed by atoms with Crippen molar-refractivity contribution in [2.45, 2.75) is 38.3 Å². The second kappa shape index (κ2) is 9.49. The van der Waals surface area contributed by atoms with Crippen molar-refractivity contribution in [3.8, 4) is 0 Å². The molecule has 24 heavy (non-hydrogen) atoms. The average Bonchev–Trinajstić information content (AvgIpc) is 3.09. The fourth-order valence-electron chi connectivity index (χ4n) is 2.33. The minimum atomic E-state index is -0.269. The molecule has 0 aliphatic heterocycles. The zero-order chi connectivity index (χ0) is 17.4. The molecule has 3 N–H and O–H groups in total. The molecule has 5 nitrogen and oxygen atoms in total. The standard InChI is InChI=1S/C18H25N3O2S/c1-13(8-9-14-6-4-3-5-7-14)20-17(22)16-12-23-18(21-16)15(19)10-11-24-2/h3-7,12-13,15H,8-11,19H2,1-2H3,(H,20,22). The maximum atomic E-state index is 12.2. The second-order valence-corrected chi connectivity index (χ2v) is 6.84. The summed E-state index contributed by atoms with van der Waals surface area (Å²) in [4.78, 5) is 16.5. The van der Waals surface area contributed by atoms with Crippen LogP contribution >= 0.6 is 11.8 Å². The number of benzene rings is 1. The fraction of sp³-hybridized carbons (Fsp3) is 0.444. The summed E-state index contributed by atoms with van der Waals surface area (Å²) in [6.07, 6.45) is 5.97. The number of nitrogens with zero attached hydrogens (tertiary/aromatic N) is 1. The van der Waals surface area contributed by atoms with Crippen molar-refractivity contribution in [3.05, 3.63) is 53.7 Å². The van der Waals surface area contributed by atoms with Crippen LogP contribution in [0.15, 0.2) is 41.0 Å². The largest absolute Gasteiger partial charge is 0.446 e. The number of hydrogen-bond acceptors (Lipinski definition) is 5. The van der Waals surface area contributed by atoms with Crippen LogP contribution in [0.2, 0.25) is 0 Å². The third-order valence-electron chi connectivity index (χ3n) is 3.79. The molecule has 1 aromatic carbocycles. The summed E-state index contributed by atoms with van der Waals surface area (Å²) < 4.78 is 5.35. The van der Waals surface area contributed by atoms with Crippen LogP contribution in [0, 0.1) is 0 Å². The van der Waals surface area contributed by atoms with Gasteiger partial charge in [-0.3, -0.25) is 4.79 Å². The quantitative estimate of drug-likeness (QED) is 0.728. The number of hydrogen-bond donors (Lipinski definition) is 2. The summed E-state index contributed by atoms with van der Waals surface area (Å²) in [5, 5.41) is 2.96. The Morgan fingerprint density at radius 3 is 2.79 bits per heavy atom. The van der Waals surface area contributed by atoms with E-state index in [0.29, 0.717) is 5.89 Å². The Morgan fingerprint density at radius 1 is 1.33 bits per heavy atom. The van der Waals surface area contributed by atoms with Crippen LogP contribution in [0.5, 0.6) is 0 Å². The molecule has 0 saturated carbocycles. The van der Waals surface area contributed by atoms with Crippen molar-refractivity contribution in [1.29, 1.82) is 0 Å². The van der Waals surface area contributed by atoms with Crippen LogP contribution in [-0.2, 0) is 6.42 Å². The van der Waals surface area contributed by atoms with Crippen LogP contribution in [0.4, 0.5) is 0 Å². The summed E-state index contributed by atoms with van der Waals surface area (Å²) in [6.45, 7) is 1.99. The Bertz CT molecular complexity index is 630. The fourth-order valence-corrected chi connectivity index (χ4v) is 2.82. The smallest absolute Gasteiger partial charge is 0.273 e. The highest BCUT2D eigenvalue weighted by molar-refractivity contribution is 7.98. The first-order valence-corrected chi connectivity index (χ1v) is 9.54. The maximum absolute atomic E-state index is 12.2. The van der Waals surface area contributed by atoms with E-state index in [-0.39, 0.29) is 23.7 Å². The van der Waals surface area contributed by atoms with Gasteiger partial charge in [0.05, 0.1) is 6.04 Å². The SMILES string of the molecule is CSCCC(N)c1nc(C(=O)NC(C)CCc2ccccc2)co1. The Morgan fingerprint density at radius 2 is 2.08 bits per heavy atom. The molecular weight excluding hydrogens is 322 g/mol. The van der Waals surface area contributed by atoms with Gasteiger partial charge in [-0.1, -0.05) is 30.3 Å². The lowest BCUT2D eigenvalue weighted by Gasteiger charge is -2.12. The molecule has 2 rings (SSSR count). The summed E-state index contributed by atoms with van der Waals surface area (Å²) in [7, 11) is 0. The third kappa shape index (κ3) is 5.69. The first kappa shape index (κ1) is 18.5. The van der Waals surface area contributed by atoms with Crippen molar-refractivity contribution in [1.82, 2.24) is 10.3 Å². The van der Waals surface area contributed by atoms with E-state index in [9.17, 15) is 4.79 Å². The summed E-state index contributed by atoms with van der Waals surface area (Å²) in [5.74, 6) is 1.13. The highest BCUT2D eigenvalue weighted by Crippen LogP contribution is 2.15. The van der Waals surface area contributed by atoms with Gasteiger partial charge in [0, 0.05) is 6.04 Å². The number of aryl methyl sites for hydroxylation is 1. The molecule has 1 amide bonds. The maximum Gasteiger partial charge on any atom is 0.273 e. The highest BCUT2D eigenvalue weighted by atomic mass is 32.2. The molecule has 2 aromatic rings. The van der Waals surface area contributed by atoms with Gasteiger partial charge in [-0.2, -0.15) is 11.8 Å². The van der Waals surface area contributed by atoms with Crippen LogP contribution in [-0.4, -0.2) is 28.9 Å². The van der Waals surface area contributed by atoms with Gasteiger partial charge in [0.25, 0.3) is 5.91 Å². The van der Waals surface area contributed by atoms with Crippen LogP contribution in [0.1, 0.15) is 47.7 Å². The van der Waals surface area contributed by atoms with E-state index in [4.69, 9.17) is 10.2 Å². The van der Waals surface area contributed by atoms with Gasteiger partial charge in [-0.15, -0.1) is 0 Å². The predicted molar refractivity (Wildman–Crippen MR) is 98.1 cm³/mol. The van der Waals surface area contributed by atoms with Crippen LogP contribution in [0.25, 0.3) is 0 Å². The molecule has 2 unspecified atom stereocenters. The van der Waals surface area contributed by atoms with E-state index >= 15 is 0 Å². The molecule has 0 fully saturated rings. The molecule has 1 heterocycles. The van der Waals surface area contributed by atoms with Gasteiger partial charge in [-0.05, 0) is 43.8 Å². The predicted octanol–water partition coefficient (Wildman–Crippen LogP) is 3.18. The topological polar surface area (TPSA) is 81.1 Å². The second-order valence-electron chi connectivity index (χ2n) is 5.86. The number of thioether (sulfide) groups is 1. The minimum Gasteiger partial charge on any atom is -0.446 e. The number of carbonyl (C=O) groups is 1. The number of aromatic nitrogens is 1. The lowest BCUT2D eigenvalue weighted by molar-refractivity contribution is 0.0933. The number of amides is 1. The van der Waals surface area contributed by atoms with Crippen molar-refractivity contribution < 1.29 is 9.21 Å². The van der Waals surface area contributed by atoms with E-state index in [0.717, 1.165) is 25.0 Å². The van der Waals surface area contributed by atoms with Crippen molar-refractivity contribution >= 4 is 17.7 Å². The summed E-state index contributed by atoms with van der Waals surface area (Å²) in [6, 6.07) is 10.0. The molecule has 0 aliphatic rings. The highest BCUT2D eigenvalue weighted by Gasteiger charge is 2.18. The Balaban J connectivity index is 1.82. The van der Waals surface area contributed by atoms with Gasteiger partial charge in [-0.25, -0.2) is 4.98 Å². The average molecular weight is 347 g/mol. The van der Waals surface area contributed by atoms with Crippen LogP contribution < -0.4 is 11.1 Å². The molecule has 0 radical (unpaired) electrons. The van der Waals surface area contributed by atoms with E-state index in [1.54, 1.807) is 11.8 Å². The molecule has 0 saturated heterocycles. The number of nitrogens with two attached hydrogens (primary N) is 1. The monoisotopic (exact) mass is 347 g/mol. The van der Waals surface area contributed by atoms with E-state index in [1.165, 1.54) is 11.8 Å². The number of carbonyl (C=O) groups excluding carboxylic acids is 1. The lowest BCUT2D eigenvalue weighted by atomic mass is 10.1. The Kier molecular flexibility index (Phi) is 7.34. The first-order chi connectivity index (χ1) is 11.6. The molecule has 0 bridgehead atoms. The summed E-state index contributed by atoms with van der Waals surface area (Å²) in [5.41, 5.74) is 7.56. The first-order valence-electron chi connectivity index (χ1n) is 8.15. The molecule has 1 aromatic heterocycles. The van der Waals surface area contributed by atoms with Crippen molar-refractivity contribution in [3.63, 3.8) is 0 Å². The van der Waals surface area contributed by atoms with E-state index < -0.39 is 0 Å².